The molecule has 0 radical (unpaired) electrons. The Morgan fingerprint density at radius 2 is 1.91 bits per heavy atom. The van der Waals surface area contributed by atoms with Crippen molar-refractivity contribution in [3.8, 4) is 0 Å². The lowest BCUT2D eigenvalue weighted by molar-refractivity contribution is -0.354. The van der Waals surface area contributed by atoms with Crippen LogP contribution in [0.3, 0.4) is 0 Å². The molecule has 0 saturated heterocycles. The molecular weight excluding hydrogens is 138 g/mol. The molecule has 0 atom stereocenters. The van der Waals surface area contributed by atoms with Crippen LogP contribution < -0.4 is 0 Å². The molecule has 0 spiro atoms. The second-order valence-electron chi connectivity index (χ2n) is 2.05. The summed E-state index contributed by atoms with van der Waals surface area (Å²) in [6, 6.07) is 8.99. The van der Waals surface area contributed by atoms with Crippen molar-refractivity contribution in [1.29, 1.82) is 0 Å². The predicted octanol–water partition coefficient (Wildman–Crippen LogP) is 2.09. The van der Waals surface area contributed by atoms with Gasteiger partial charge in [0, 0.05) is 12.1 Å². The summed E-state index contributed by atoms with van der Waals surface area (Å²) in [5, 5.41) is 11.0. The molecule has 1 aromatic carbocycles. The summed E-state index contributed by atoms with van der Waals surface area (Å²) in [5.74, 6) is 0. The van der Waals surface area contributed by atoms with E-state index in [0.717, 1.165) is 4.74 Å². The van der Waals surface area contributed by atoms with Crippen LogP contribution >= 0.6 is 0 Å². The maximum Gasteiger partial charge on any atom is 0.216 e. The molecule has 0 aliphatic rings. The van der Waals surface area contributed by atoms with E-state index in [0.29, 0.717) is 5.69 Å². The van der Waals surface area contributed by atoms with Crippen LogP contribution in [0.2, 0.25) is 0 Å². The molecule has 0 bridgehead atoms. The third-order valence-electron chi connectivity index (χ3n) is 1.25. The number of allylic oxidation sites excluding steroid dienone is 1. The van der Waals surface area contributed by atoms with Gasteiger partial charge in [-0.1, -0.05) is 24.8 Å². The fourth-order valence-corrected chi connectivity index (χ4v) is 0.757. The molecule has 0 unspecified atom stereocenters. The van der Waals surface area contributed by atoms with E-state index in [1.165, 1.54) is 12.3 Å². The maximum absolute atomic E-state index is 11.0. The second kappa shape index (κ2) is 3.56. The lowest BCUT2D eigenvalue weighted by atomic mass is 10.3. The summed E-state index contributed by atoms with van der Waals surface area (Å²) in [6.07, 6.45) is 2.83. The van der Waals surface area contributed by atoms with Crippen molar-refractivity contribution in [1.82, 2.24) is 0 Å². The quantitative estimate of drug-likeness (QED) is 0.272. The van der Waals surface area contributed by atoms with Gasteiger partial charge in [-0.3, -0.25) is 0 Å². The van der Waals surface area contributed by atoms with Gasteiger partial charge in [0.05, 0.1) is 0 Å². The Hall–Kier alpha value is -1.57. The van der Waals surface area contributed by atoms with E-state index in [9.17, 15) is 5.21 Å². The van der Waals surface area contributed by atoms with Gasteiger partial charge in [-0.05, 0) is 6.08 Å². The van der Waals surface area contributed by atoms with Crippen molar-refractivity contribution in [2.75, 3.05) is 0 Å². The highest BCUT2D eigenvalue weighted by Crippen LogP contribution is 2.07. The Labute approximate surface area is 65.7 Å². The second-order valence-corrected chi connectivity index (χ2v) is 2.05. The van der Waals surface area contributed by atoms with Crippen LogP contribution in [-0.2, 0) is 0 Å². The van der Waals surface area contributed by atoms with Gasteiger partial charge < -0.3 is 5.21 Å². The molecule has 0 saturated carbocycles. The Bertz CT molecular complexity index is 264. The van der Waals surface area contributed by atoms with Crippen LogP contribution in [0.15, 0.2) is 43.0 Å². The maximum atomic E-state index is 11.0. The van der Waals surface area contributed by atoms with E-state index < -0.39 is 0 Å². The highest BCUT2D eigenvalue weighted by atomic mass is 16.5. The molecule has 56 valence electrons. The lowest BCUT2D eigenvalue weighted by Gasteiger charge is -1.99. The minimum Gasteiger partial charge on any atom is -0.618 e. The topological polar surface area (TPSA) is 26.1 Å². The van der Waals surface area contributed by atoms with Gasteiger partial charge >= 0.3 is 0 Å². The van der Waals surface area contributed by atoms with Gasteiger partial charge in [-0.25, -0.2) is 0 Å². The molecule has 1 rings (SSSR count). The van der Waals surface area contributed by atoms with Crippen LogP contribution in [0.25, 0.3) is 0 Å². The van der Waals surface area contributed by atoms with Gasteiger partial charge in [-0.15, -0.1) is 0 Å². The van der Waals surface area contributed by atoms with E-state index in [2.05, 4.69) is 6.58 Å². The van der Waals surface area contributed by atoms with Gasteiger partial charge in [0.2, 0.25) is 5.69 Å². The van der Waals surface area contributed by atoms with Gasteiger partial charge in [0.25, 0.3) is 0 Å². The molecule has 0 aromatic heterocycles. The Kier molecular flexibility index (Phi) is 2.44. The van der Waals surface area contributed by atoms with Crippen molar-refractivity contribution >= 4 is 11.9 Å². The van der Waals surface area contributed by atoms with Crippen LogP contribution in [0, 0.1) is 5.21 Å². The first kappa shape index (κ1) is 7.54. The zero-order valence-corrected chi connectivity index (χ0v) is 6.10. The third kappa shape index (κ3) is 1.93. The summed E-state index contributed by atoms with van der Waals surface area (Å²) >= 11 is 0. The average Bonchev–Trinajstić information content (AvgIpc) is 2.07. The summed E-state index contributed by atoms with van der Waals surface area (Å²) in [6.45, 7) is 3.43. The van der Waals surface area contributed by atoms with Crippen molar-refractivity contribution in [2.45, 2.75) is 0 Å². The highest BCUT2D eigenvalue weighted by Gasteiger charge is 1.94. The molecule has 1 aromatic rings. The van der Waals surface area contributed by atoms with Gasteiger partial charge in [0.15, 0.2) is 6.21 Å². The molecule has 0 N–H and O–H groups in total. The number of hydrogen-bond donors (Lipinski definition) is 0. The summed E-state index contributed by atoms with van der Waals surface area (Å²) in [4.78, 5) is 0. The van der Waals surface area contributed by atoms with Crippen molar-refractivity contribution < 1.29 is 4.74 Å². The number of nitrogens with zero attached hydrogens (tertiary/aromatic N) is 1. The largest absolute Gasteiger partial charge is 0.618 e. The number of benzene rings is 1. The normalized spacial score (nSPS) is 11.1. The summed E-state index contributed by atoms with van der Waals surface area (Å²) in [7, 11) is 0. The van der Waals surface area contributed by atoms with E-state index in [-0.39, 0.29) is 0 Å². The SMILES string of the molecule is C=CC=[N+]([O-])c1ccccc1. The minimum atomic E-state index is 0.618. The lowest BCUT2D eigenvalue weighted by Crippen LogP contribution is -1.93. The fraction of sp³-hybridized carbons (Fsp3) is 0. The van der Waals surface area contributed by atoms with Gasteiger partial charge in [-0.2, -0.15) is 4.74 Å². The van der Waals surface area contributed by atoms with Crippen molar-refractivity contribution in [3.05, 3.63) is 48.2 Å². The smallest absolute Gasteiger partial charge is 0.216 e. The Morgan fingerprint density at radius 1 is 1.27 bits per heavy atom. The standard InChI is InChI=1S/C9H9NO/c1-2-8-10(11)9-6-4-3-5-7-9/h2-8H,1H2. The summed E-state index contributed by atoms with van der Waals surface area (Å²) < 4.78 is 0.771. The molecule has 2 nitrogen and oxygen atoms in total. The molecular formula is C9H9NO. The molecule has 0 aliphatic carbocycles. The zero-order chi connectivity index (χ0) is 8.10. The highest BCUT2D eigenvalue weighted by molar-refractivity contribution is 5.66. The predicted molar refractivity (Wildman–Crippen MR) is 46.0 cm³/mol. The van der Waals surface area contributed by atoms with Crippen LogP contribution in [0.4, 0.5) is 5.69 Å². The zero-order valence-electron chi connectivity index (χ0n) is 6.10. The first-order chi connectivity index (χ1) is 5.34. The molecule has 0 amide bonds. The third-order valence-corrected chi connectivity index (χ3v) is 1.25. The van der Waals surface area contributed by atoms with E-state index in [4.69, 9.17) is 0 Å². The minimum absolute atomic E-state index is 0.618. The first-order valence-electron chi connectivity index (χ1n) is 3.32. The fourth-order valence-electron chi connectivity index (χ4n) is 0.757. The molecule has 0 fully saturated rings. The average molecular weight is 147 g/mol. The molecule has 11 heavy (non-hydrogen) atoms. The van der Waals surface area contributed by atoms with Gasteiger partial charge in [0.1, 0.15) is 0 Å². The Morgan fingerprint density at radius 3 is 2.45 bits per heavy atom. The Balaban J connectivity index is 2.94. The first-order valence-corrected chi connectivity index (χ1v) is 3.32. The van der Waals surface area contributed by atoms with E-state index >= 15 is 0 Å². The van der Waals surface area contributed by atoms with Crippen LogP contribution in [-0.4, -0.2) is 11.0 Å². The van der Waals surface area contributed by atoms with Crippen LogP contribution in [0.5, 0.6) is 0 Å². The molecule has 2 heteroatoms. The van der Waals surface area contributed by atoms with Crippen molar-refractivity contribution in [2.24, 2.45) is 0 Å². The number of hydrogen-bond acceptors (Lipinski definition) is 1. The van der Waals surface area contributed by atoms with E-state index in [1.807, 2.05) is 18.2 Å². The number of para-hydroxylation sites is 1. The number of rotatable bonds is 2. The monoisotopic (exact) mass is 147 g/mol. The summed E-state index contributed by atoms with van der Waals surface area (Å²) in [5.41, 5.74) is 0.618. The van der Waals surface area contributed by atoms with Crippen molar-refractivity contribution in [3.63, 3.8) is 0 Å². The molecule has 0 heterocycles. The molecule has 0 aliphatic heterocycles. The van der Waals surface area contributed by atoms with E-state index in [1.54, 1.807) is 12.1 Å². The van der Waals surface area contributed by atoms with Crippen LogP contribution in [0.1, 0.15) is 0 Å².